The molecule has 0 radical (unpaired) electrons. The predicted molar refractivity (Wildman–Crippen MR) is 101 cm³/mol. The van der Waals surface area contributed by atoms with Gasteiger partial charge in [0.15, 0.2) is 0 Å². The highest BCUT2D eigenvalue weighted by atomic mass is 16.2. The Labute approximate surface area is 155 Å². The molecule has 5 nitrogen and oxygen atoms in total. The Morgan fingerprint density at radius 3 is 2.42 bits per heavy atom. The van der Waals surface area contributed by atoms with E-state index in [-0.39, 0.29) is 34.6 Å². The summed E-state index contributed by atoms with van der Waals surface area (Å²) in [6.45, 7) is 10.3. The maximum absolute atomic E-state index is 13.0. The maximum Gasteiger partial charge on any atom is 0.261 e. The number of fused-ring (bicyclic) bond motifs is 1. The van der Waals surface area contributed by atoms with Crippen molar-refractivity contribution in [3.05, 3.63) is 29.3 Å². The van der Waals surface area contributed by atoms with Gasteiger partial charge >= 0.3 is 0 Å². The van der Waals surface area contributed by atoms with Gasteiger partial charge in [0.05, 0.1) is 11.1 Å². The molecule has 26 heavy (non-hydrogen) atoms. The molecule has 3 rings (SSSR count). The number of anilines is 1. The van der Waals surface area contributed by atoms with Crippen LogP contribution in [0.5, 0.6) is 0 Å². The molecule has 1 N–H and O–H groups in total. The van der Waals surface area contributed by atoms with Gasteiger partial charge in [-0.25, -0.2) is 0 Å². The number of hydrogen-bond acceptors (Lipinski definition) is 3. The first kappa shape index (κ1) is 18.6. The highest BCUT2D eigenvalue weighted by Gasteiger charge is 2.47. The van der Waals surface area contributed by atoms with E-state index >= 15 is 0 Å². The summed E-state index contributed by atoms with van der Waals surface area (Å²) in [7, 11) is 0. The van der Waals surface area contributed by atoms with Gasteiger partial charge < -0.3 is 5.32 Å². The van der Waals surface area contributed by atoms with Gasteiger partial charge in [0.1, 0.15) is 0 Å². The lowest BCUT2D eigenvalue weighted by molar-refractivity contribution is -0.114. The second-order valence-corrected chi connectivity index (χ2v) is 8.99. The van der Waals surface area contributed by atoms with Crippen LogP contribution in [0.2, 0.25) is 0 Å². The summed E-state index contributed by atoms with van der Waals surface area (Å²) in [6.07, 6.45) is 3.80. The monoisotopic (exact) mass is 356 g/mol. The van der Waals surface area contributed by atoms with Gasteiger partial charge in [0.2, 0.25) is 5.91 Å². The molecule has 1 aliphatic carbocycles. The minimum absolute atomic E-state index is 0.0830. The first-order valence-corrected chi connectivity index (χ1v) is 9.35. The second kappa shape index (κ2) is 6.22. The van der Waals surface area contributed by atoms with E-state index in [1.165, 1.54) is 11.8 Å². The van der Waals surface area contributed by atoms with Crippen LogP contribution in [0.4, 0.5) is 5.69 Å². The van der Waals surface area contributed by atoms with E-state index in [4.69, 9.17) is 0 Å². The number of amides is 3. The van der Waals surface area contributed by atoms with Crippen molar-refractivity contribution in [3.8, 4) is 0 Å². The van der Waals surface area contributed by atoms with Crippen LogP contribution in [0.3, 0.4) is 0 Å². The third kappa shape index (κ3) is 3.27. The Morgan fingerprint density at radius 2 is 1.81 bits per heavy atom. The zero-order valence-electron chi connectivity index (χ0n) is 16.3. The average Bonchev–Trinajstić information content (AvgIpc) is 2.76. The van der Waals surface area contributed by atoms with Gasteiger partial charge in [-0.2, -0.15) is 0 Å². The number of nitrogens with zero attached hydrogens (tertiary/aromatic N) is 1. The van der Waals surface area contributed by atoms with Crippen molar-refractivity contribution in [2.24, 2.45) is 10.8 Å². The number of hydrogen-bond donors (Lipinski definition) is 1. The van der Waals surface area contributed by atoms with Crippen molar-refractivity contribution in [1.29, 1.82) is 0 Å². The first-order valence-electron chi connectivity index (χ1n) is 9.35. The molecule has 1 saturated carbocycles. The summed E-state index contributed by atoms with van der Waals surface area (Å²) in [6, 6.07) is 4.86. The van der Waals surface area contributed by atoms with Crippen molar-refractivity contribution in [2.45, 2.75) is 66.3 Å². The van der Waals surface area contributed by atoms with E-state index in [0.717, 1.165) is 25.7 Å². The number of rotatable bonds is 3. The Morgan fingerprint density at radius 1 is 1.15 bits per heavy atom. The van der Waals surface area contributed by atoms with Gasteiger partial charge in [0.25, 0.3) is 11.8 Å². The van der Waals surface area contributed by atoms with Gasteiger partial charge in [-0.05, 0) is 48.3 Å². The smallest absolute Gasteiger partial charge is 0.261 e. The van der Waals surface area contributed by atoms with E-state index in [1.807, 2.05) is 0 Å². The topological polar surface area (TPSA) is 66.5 Å². The van der Waals surface area contributed by atoms with Crippen LogP contribution < -0.4 is 5.32 Å². The molecule has 1 fully saturated rings. The summed E-state index contributed by atoms with van der Waals surface area (Å²) in [5.74, 6) is -0.648. The molecular formula is C21H28N2O3. The molecule has 0 aromatic heterocycles. The van der Waals surface area contributed by atoms with Crippen LogP contribution in [0.15, 0.2) is 18.2 Å². The van der Waals surface area contributed by atoms with E-state index in [1.54, 1.807) is 18.2 Å². The molecule has 1 aromatic carbocycles. The number of carbonyl (C=O) groups excluding carboxylic acids is 3. The Kier molecular flexibility index (Phi) is 4.45. The molecule has 0 spiro atoms. The van der Waals surface area contributed by atoms with E-state index in [0.29, 0.717) is 16.8 Å². The van der Waals surface area contributed by atoms with Crippen LogP contribution in [0.25, 0.3) is 0 Å². The Hall–Kier alpha value is -2.17. The Bertz CT molecular complexity index is 783. The Balaban J connectivity index is 1.93. The number of imide groups is 1. The van der Waals surface area contributed by atoms with Crippen molar-refractivity contribution in [1.82, 2.24) is 4.90 Å². The van der Waals surface area contributed by atoms with Crippen LogP contribution in [-0.2, 0) is 4.79 Å². The van der Waals surface area contributed by atoms with Crippen molar-refractivity contribution >= 4 is 23.4 Å². The van der Waals surface area contributed by atoms with Crippen LogP contribution in [0, 0.1) is 10.8 Å². The molecule has 2 unspecified atom stereocenters. The quantitative estimate of drug-likeness (QED) is 0.824. The van der Waals surface area contributed by atoms with Gasteiger partial charge in [-0.1, -0.05) is 34.1 Å². The molecule has 0 bridgehead atoms. The maximum atomic E-state index is 13.0. The van der Waals surface area contributed by atoms with Crippen LogP contribution in [-0.4, -0.2) is 28.7 Å². The molecule has 2 atom stereocenters. The van der Waals surface area contributed by atoms with Gasteiger partial charge in [0, 0.05) is 18.7 Å². The van der Waals surface area contributed by atoms with E-state index in [2.05, 4.69) is 33.0 Å². The summed E-state index contributed by atoms with van der Waals surface area (Å²) < 4.78 is 0. The van der Waals surface area contributed by atoms with Crippen molar-refractivity contribution in [2.75, 3.05) is 5.32 Å². The van der Waals surface area contributed by atoms with Gasteiger partial charge in [-0.15, -0.1) is 0 Å². The third-order valence-electron chi connectivity index (χ3n) is 5.88. The zero-order chi connectivity index (χ0) is 19.3. The van der Waals surface area contributed by atoms with E-state index < -0.39 is 0 Å². The average molecular weight is 356 g/mol. The number of nitrogens with one attached hydrogen (secondary N) is 1. The highest BCUT2D eigenvalue weighted by molar-refractivity contribution is 6.22. The van der Waals surface area contributed by atoms with Crippen LogP contribution >= 0.6 is 0 Å². The van der Waals surface area contributed by atoms with Gasteiger partial charge in [-0.3, -0.25) is 19.3 Å². The molecular weight excluding hydrogens is 328 g/mol. The zero-order valence-corrected chi connectivity index (χ0v) is 16.3. The standard InChI is InChI=1S/C21H28N2O3/c1-6-21(5)11-15(10-20(3,4)12-21)23-18(25)16-8-7-14(22-13(2)24)9-17(16)19(23)26/h7-9,15H,6,10-12H2,1-5H3,(H,22,24). The predicted octanol–water partition coefficient (Wildman–Crippen LogP) is 4.24. The second-order valence-electron chi connectivity index (χ2n) is 8.99. The lowest BCUT2D eigenvalue weighted by Crippen LogP contribution is -2.49. The fraction of sp³-hybridized carbons (Fsp3) is 0.571. The third-order valence-corrected chi connectivity index (χ3v) is 5.88. The number of benzene rings is 1. The largest absolute Gasteiger partial charge is 0.326 e. The molecule has 0 saturated heterocycles. The highest BCUT2D eigenvalue weighted by Crippen LogP contribution is 2.50. The molecule has 2 aliphatic rings. The normalized spacial score (nSPS) is 27.4. The molecule has 1 aliphatic heterocycles. The van der Waals surface area contributed by atoms with Crippen molar-refractivity contribution < 1.29 is 14.4 Å². The lowest BCUT2D eigenvalue weighted by atomic mass is 9.61. The molecule has 5 heteroatoms. The van der Waals surface area contributed by atoms with Crippen LogP contribution in [0.1, 0.15) is 81.0 Å². The minimum atomic E-state index is -0.238. The fourth-order valence-electron chi connectivity index (χ4n) is 4.90. The summed E-state index contributed by atoms with van der Waals surface area (Å²) in [5.41, 5.74) is 1.59. The SMILES string of the molecule is CCC1(C)CC(N2C(=O)c3ccc(NC(C)=O)cc3C2=O)CC(C)(C)C1. The molecule has 140 valence electrons. The molecule has 3 amide bonds. The van der Waals surface area contributed by atoms with E-state index in [9.17, 15) is 14.4 Å². The minimum Gasteiger partial charge on any atom is -0.326 e. The van der Waals surface area contributed by atoms with Crippen molar-refractivity contribution in [3.63, 3.8) is 0 Å². The fourth-order valence-corrected chi connectivity index (χ4v) is 4.90. The lowest BCUT2D eigenvalue weighted by Gasteiger charge is -2.48. The summed E-state index contributed by atoms with van der Waals surface area (Å²) in [5, 5.41) is 2.68. The number of carbonyl (C=O) groups is 3. The first-order chi connectivity index (χ1) is 12.1. The molecule has 1 aromatic rings. The summed E-state index contributed by atoms with van der Waals surface area (Å²) >= 11 is 0. The molecule has 1 heterocycles. The summed E-state index contributed by atoms with van der Waals surface area (Å²) in [4.78, 5) is 38.8.